The maximum atomic E-state index is 3.69. The number of unbranched alkanes of at least 4 members (excludes halogenated alkanes) is 4. The molecule has 0 aromatic carbocycles. The van der Waals surface area contributed by atoms with Crippen LogP contribution in [0.3, 0.4) is 0 Å². The van der Waals surface area contributed by atoms with E-state index in [-0.39, 0.29) is 0 Å². The highest BCUT2D eigenvalue weighted by molar-refractivity contribution is 4.82. The van der Waals surface area contributed by atoms with Crippen molar-refractivity contribution in [3.05, 3.63) is 0 Å². The summed E-state index contributed by atoms with van der Waals surface area (Å²) in [7, 11) is 0. The van der Waals surface area contributed by atoms with E-state index in [1.54, 1.807) is 0 Å². The number of hydrogen-bond acceptors (Lipinski definition) is 2. The third kappa shape index (κ3) is 5.86. The van der Waals surface area contributed by atoms with Crippen LogP contribution in [0.1, 0.15) is 65.2 Å². The number of rotatable bonds is 8. The maximum Gasteiger partial charge on any atom is 0.0193 e. The fourth-order valence-electron chi connectivity index (χ4n) is 2.44. The van der Waals surface area contributed by atoms with Crippen molar-refractivity contribution in [2.75, 3.05) is 13.1 Å². The molecule has 0 saturated carbocycles. The van der Waals surface area contributed by atoms with Crippen LogP contribution >= 0.6 is 0 Å². The molecule has 0 aliphatic carbocycles. The lowest BCUT2D eigenvalue weighted by Gasteiger charge is -2.31. The summed E-state index contributed by atoms with van der Waals surface area (Å²) in [5.41, 5.74) is 0. The fourth-order valence-corrected chi connectivity index (χ4v) is 2.44. The lowest BCUT2D eigenvalue weighted by Crippen LogP contribution is -2.54. The Morgan fingerprint density at radius 3 is 1.81 bits per heavy atom. The van der Waals surface area contributed by atoms with Gasteiger partial charge in [-0.05, 0) is 12.8 Å². The van der Waals surface area contributed by atoms with Crippen LogP contribution in [0.5, 0.6) is 0 Å². The predicted molar refractivity (Wildman–Crippen MR) is 71.9 cm³/mol. The average Bonchev–Trinajstić information content (AvgIpc) is 2.33. The third-order valence-electron chi connectivity index (χ3n) is 3.62. The summed E-state index contributed by atoms with van der Waals surface area (Å²) >= 11 is 0. The van der Waals surface area contributed by atoms with Gasteiger partial charge in [-0.25, -0.2) is 0 Å². The summed E-state index contributed by atoms with van der Waals surface area (Å²) in [6.45, 7) is 6.91. The highest BCUT2D eigenvalue weighted by Gasteiger charge is 2.18. The zero-order chi connectivity index (χ0) is 11.6. The molecule has 1 rings (SSSR count). The van der Waals surface area contributed by atoms with Crippen molar-refractivity contribution >= 4 is 0 Å². The van der Waals surface area contributed by atoms with Crippen LogP contribution < -0.4 is 10.6 Å². The molecule has 1 heterocycles. The Morgan fingerprint density at radius 1 is 0.750 bits per heavy atom. The van der Waals surface area contributed by atoms with E-state index in [0.29, 0.717) is 0 Å². The molecule has 0 radical (unpaired) electrons. The van der Waals surface area contributed by atoms with Crippen molar-refractivity contribution in [2.45, 2.75) is 77.3 Å². The second-order valence-corrected chi connectivity index (χ2v) is 5.20. The minimum atomic E-state index is 0.729. The first-order valence-corrected chi connectivity index (χ1v) is 7.33. The average molecular weight is 226 g/mol. The lowest BCUT2D eigenvalue weighted by atomic mass is 10.0. The van der Waals surface area contributed by atoms with Gasteiger partial charge in [0.1, 0.15) is 0 Å². The van der Waals surface area contributed by atoms with Crippen molar-refractivity contribution in [3.8, 4) is 0 Å². The Balaban J connectivity index is 1.98. The molecule has 2 nitrogen and oxygen atoms in total. The predicted octanol–water partition coefficient (Wildman–Crippen LogP) is 3.08. The van der Waals surface area contributed by atoms with E-state index in [1.165, 1.54) is 64.5 Å². The van der Waals surface area contributed by atoms with E-state index in [4.69, 9.17) is 0 Å². The Hall–Kier alpha value is -0.0800. The van der Waals surface area contributed by atoms with Gasteiger partial charge in [0.15, 0.2) is 0 Å². The van der Waals surface area contributed by atoms with Gasteiger partial charge >= 0.3 is 0 Å². The summed E-state index contributed by atoms with van der Waals surface area (Å²) in [5, 5.41) is 7.37. The third-order valence-corrected chi connectivity index (χ3v) is 3.62. The largest absolute Gasteiger partial charge is 0.311 e. The molecule has 16 heavy (non-hydrogen) atoms. The van der Waals surface area contributed by atoms with Gasteiger partial charge in [0.2, 0.25) is 0 Å². The van der Waals surface area contributed by atoms with Gasteiger partial charge < -0.3 is 10.6 Å². The maximum absolute atomic E-state index is 3.69. The van der Waals surface area contributed by atoms with E-state index < -0.39 is 0 Å². The van der Waals surface area contributed by atoms with E-state index in [1.807, 2.05) is 0 Å². The summed E-state index contributed by atoms with van der Waals surface area (Å²) in [6, 6.07) is 1.46. The van der Waals surface area contributed by atoms with Crippen molar-refractivity contribution in [1.29, 1.82) is 0 Å². The van der Waals surface area contributed by atoms with Crippen molar-refractivity contribution in [3.63, 3.8) is 0 Å². The molecule has 0 aromatic rings. The molecule has 1 fully saturated rings. The zero-order valence-corrected chi connectivity index (χ0v) is 11.2. The van der Waals surface area contributed by atoms with Crippen LogP contribution in [0, 0.1) is 0 Å². The van der Waals surface area contributed by atoms with Gasteiger partial charge in [-0.1, -0.05) is 52.4 Å². The fraction of sp³-hybridized carbons (Fsp3) is 1.00. The van der Waals surface area contributed by atoms with Crippen LogP contribution in [0.15, 0.2) is 0 Å². The van der Waals surface area contributed by atoms with Gasteiger partial charge in [-0.15, -0.1) is 0 Å². The number of piperazine rings is 1. The molecule has 1 aliphatic heterocycles. The molecule has 0 bridgehead atoms. The molecule has 0 aromatic heterocycles. The Labute approximate surface area is 102 Å². The van der Waals surface area contributed by atoms with Crippen molar-refractivity contribution < 1.29 is 0 Å². The molecule has 1 saturated heterocycles. The van der Waals surface area contributed by atoms with Crippen molar-refractivity contribution in [2.24, 2.45) is 0 Å². The van der Waals surface area contributed by atoms with Gasteiger partial charge in [0.05, 0.1) is 0 Å². The smallest absolute Gasteiger partial charge is 0.0193 e. The molecular weight excluding hydrogens is 196 g/mol. The summed E-state index contributed by atoms with van der Waals surface area (Å²) in [6.07, 6.45) is 10.9. The summed E-state index contributed by atoms with van der Waals surface area (Å²) in [5.74, 6) is 0. The van der Waals surface area contributed by atoms with E-state index in [9.17, 15) is 0 Å². The normalized spacial score (nSPS) is 25.9. The second-order valence-electron chi connectivity index (χ2n) is 5.20. The van der Waals surface area contributed by atoms with Crippen LogP contribution in [0.2, 0.25) is 0 Å². The van der Waals surface area contributed by atoms with Gasteiger partial charge in [-0.3, -0.25) is 0 Å². The minimum Gasteiger partial charge on any atom is -0.311 e. The Morgan fingerprint density at radius 2 is 1.31 bits per heavy atom. The van der Waals surface area contributed by atoms with Crippen LogP contribution in [-0.2, 0) is 0 Å². The Kier molecular flexibility index (Phi) is 7.87. The van der Waals surface area contributed by atoms with Crippen LogP contribution in [0.4, 0.5) is 0 Å². The zero-order valence-electron chi connectivity index (χ0n) is 11.2. The first kappa shape index (κ1) is 14.0. The minimum absolute atomic E-state index is 0.729. The SMILES string of the molecule is CCCCCCC1CNC(CCCC)CN1. The summed E-state index contributed by atoms with van der Waals surface area (Å²) in [4.78, 5) is 0. The number of hydrogen-bond donors (Lipinski definition) is 2. The van der Waals surface area contributed by atoms with E-state index >= 15 is 0 Å². The monoisotopic (exact) mass is 226 g/mol. The van der Waals surface area contributed by atoms with Crippen LogP contribution in [0.25, 0.3) is 0 Å². The molecule has 0 amide bonds. The highest BCUT2D eigenvalue weighted by Crippen LogP contribution is 2.09. The molecule has 1 aliphatic rings. The summed E-state index contributed by atoms with van der Waals surface area (Å²) < 4.78 is 0. The first-order valence-electron chi connectivity index (χ1n) is 7.33. The van der Waals surface area contributed by atoms with E-state index in [2.05, 4.69) is 24.5 Å². The van der Waals surface area contributed by atoms with Gasteiger partial charge in [-0.2, -0.15) is 0 Å². The van der Waals surface area contributed by atoms with Gasteiger partial charge in [0, 0.05) is 25.2 Å². The molecule has 2 atom stereocenters. The first-order chi connectivity index (χ1) is 7.86. The number of nitrogens with one attached hydrogen (secondary N) is 2. The molecular formula is C14H30N2. The second kappa shape index (κ2) is 9.00. The quantitative estimate of drug-likeness (QED) is 0.622. The molecule has 0 spiro atoms. The molecule has 2 N–H and O–H groups in total. The highest BCUT2D eigenvalue weighted by atomic mass is 15.1. The standard InChI is InChI=1S/C14H30N2/c1-3-5-7-8-10-14-12-15-13(11-16-14)9-6-4-2/h13-16H,3-12H2,1-2H3. The van der Waals surface area contributed by atoms with Crippen LogP contribution in [-0.4, -0.2) is 25.2 Å². The lowest BCUT2D eigenvalue weighted by molar-refractivity contribution is 0.313. The topological polar surface area (TPSA) is 24.1 Å². The van der Waals surface area contributed by atoms with Gasteiger partial charge in [0.25, 0.3) is 0 Å². The van der Waals surface area contributed by atoms with Crippen molar-refractivity contribution in [1.82, 2.24) is 10.6 Å². The molecule has 2 heteroatoms. The molecule has 96 valence electrons. The Bertz CT molecular complexity index is 151. The molecule has 2 unspecified atom stereocenters. The van der Waals surface area contributed by atoms with E-state index in [0.717, 1.165) is 12.1 Å².